The van der Waals surface area contributed by atoms with Crippen molar-refractivity contribution in [3.63, 3.8) is 0 Å². The fraction of sp³-hybridized carbons (Fsp3) is 0. The van der Waals surface area contributed by atoms with E-state index in [1.807, 2.05) is 0 Å². The molecule has 0 unspecified atom stereocenters. The van der Waals surface area contributed by atoms with Gasteiger partial charge in [0.25, 0.3) is 0 Å². The van der Waals surface area contributed by atoms with Crippen LogP contribution in [-0.2, 0) is 0 Å². The van der Waals surface area contributed by atoms with E-state index in [1.165, 1.54) is 0 Å². The first-order valence-electron chi connectivity index (χ1n) is 6.51. The average molecular weight is 700 g/mol. The molecule has 0 rings (SSSR count). The van der Waals surface area contributed by atoms with Crippen LogP contribution in [0.4, 0.5) is 47.9 Å². The maximum Gasteiger partial charge on any atom is 1.00 e. The van der Waals surface area contributed by atoms with Crippen molar-refractivity contribution in [3.05, 3.63) is 0 Å². The second kappa shape index (κ2) is 70.9. The summed E-state index contributed by atoms with van der Waals surface area (Å²) >= 11 is 0. The first-order valence-corrected chi connectivity index (χ1v) is 6.51. The fourth-order valence-corrected chi connectivity index (χ4v) is 0. The van der Waals surface area contributed by atoms with Crippen molar-refractivity contribution < 1.29 is 256 Å². The van der Waals surface area contributed by atoms with Crippen LogP contribution in [0.25, 0.3) is 0 Å². The molecule has 0 bridgehead atoms. The van der Waals surface area contributed by atoms with Gasteiger partial charge in [0, 0.05) is 0 Å². The number of carbonyl (C=O) groups is 10. The van der Waals surface area contributed by atoms with Crippen molar-refractivity contribution in [2.75, 3.05) is 0 Å². The van der Waals surface area contributed by atoms with E-state index in [1.54, 1.807) is 0 Å². The third kappa shape index (κ3) is 2710. The molecule has 20 N–H and O–H groups in total. The van der Waals surface area contributed by atoms with Gasteiger partial charge in [-0.15, -0.1) is 0 Å². The zero-order valence-corrected chi connectivity index (χ0v) is 26.3. The summed E-state index contributed by atoms with van der Waals surface area (Å²) in [7, 11) is 0. The molecule has 0 fully saturated rings. The van der Waals surface area contributed by atoms with Crippen LogP contribution in [0.15, 0.2) is 0 Å². The van der Waals surface area contributed by atoms with Gasteiger partial charge in [0.2, 0.25) is 0 Å². The molecule has 0 aromatic rings. The monoisotopic (exact) mass is 700 g/mol. The van der Waals surface area contributed by atoms with E-state index in [4.69, 9.17) is 150 Å². The zero-order valence-electron chi connectivity index (χ0n) is 22.0. The molecule has 0 aliphatic heterocycles. The molecule has 0 atom stereocenters. The summed E-state index contributed by atoms with van der Waals surface area (Å²) in [5, 5.41) is 139. The van der Waals surface area contributed by atoms with Gasteiger partial charge in [-0.1, -0.05) is 0 Å². The largest absolute Gasteiger partial charge is 1.00 e. The molecule has 0 aliphatic rings. The molecule has 0 aromatic heterocycles. The summed E-state index contributed by atoms with van der Waals surface area (Å²) in [6.45, 7) is 0. The Hall–Kier alpha value is -4.03. The van der Waals surface area contributed by atoms with Crippen molar-refractivity contribution in [3.8, 4) is 0 Å². The number of carboxylic acid groups (broad SMARTS) is 20. The predicted octanol–water partition coefficient (Wildman–Crippen LogP) is -3.54. The van der Waals surface area contributed by atoms with Crippen LogP contribution in [0.2, 0.25) is 0 Å². The molecule has 0 saturated carbocycles. The Bertz CT molecular complexity index is 485. The van der Waals surface area contributed by atoms with Crippen molar-refractivity contribution in [1.29, 1.82) is 0 Å². The normalized spacial score (nSPS) is 5.71. The van der Waals surface area contributed by atoms with Crippen molar-refractivity contribution >= 4 is 61.6 Å². The second-order valence-corrected chi connectivity index (χ2v) is 2.83. The van der Waals surface area contributed by atoms with Crippen molar-refractivity contribution in [1.82, 2.24) is 0 Å². The van der Waals surface area contributed by atoms with Crippen LogP contribution in [0.5, 0.6) is 0 Å². The van der Waals surface area contributed by atoms with Gasteiger partial charge in [0.05, 0.1) is 0 Å². The van der Waals surface area contributed by atoms with Gasteiger partial charge in [-0.3, -0.25) is 0 Å². The van der Waals surface area contributed by atoms with Gasteiger partial charge in [-0.05, 0) is 0 Å². The molecular formula is C10H22K2O30. The average Bonchev–Trinajstić information content (AvgIpc) is 2.47. The summed E-state index contributed by atoms with van der Waals surface area (Å²) in [6.07, 6.45) is -18.3. The van der Waals surface area contributed by atoms with Crippen LogP contribution in [0.1, 0.15) is 2.85 Å². The molecule has 0 amide bonds. The first-order chi connectivity index (χ1) is 17.3. The standard InChI is InChI=1S/10CH2O3.2K.2H/c10*2-1(3)4;;;;/h10*(H2,2,3,4);;;;/q;;;;;;;;;;2*+1;2*-1. The maximum atomic E-state index is 8.56. The Labute approximate surface area is 313 Å². The zero-order chi connectivity index (χ0) is 35.8. The molecule has 0 aliphatic carbocycles. The molecule has 244 valence electrons. The van der Waals surface area contributed by atoms with E-state index in [0.29, 0.717) is 0 Å². The molecule has 0 spiro atoms. The van der Waals surface area contributed by atoms with Crippen LogP contribution in [0, 0.1) is 0 Å². The summed E-state index contributed by atoms with van der Waals surface area (Å²) in [5.41, 5.74) is 0. The molecule has 0 radical (unpaired) electrons. The van der Waals surface area contributed by atoms with Crippen molar-refractivity contribution in [2.24, 2.45) is 0 Å². The van der Waals surface area contributed by atoms with Gasteiger partial charge in [0.1, 0.15) is 0 Å². The second-order valence-electron chi connectivity index (χ2n) is 2.83. The molecule has 32 heteroatoms. The van der Waals surface area contributed by atoms with Gasteiger partial charge in [0.15, 0.2) is 0 Å². The van der Waals surface area contributed by atoms with E-state index in [9.17, 15) is 0 Å². The van der Waals surface area contributed by atoms with Crippen LogP contribution in [-0.4, -0.2) is 164 Å². The Balaban J connectivity index is -0.0000000187. The smallest absolute Gasteiger partial charge is 1.00 e. The Morgan fingerprint density at radius 3 is 0.190 bits per heavy atom. The minimum absolute atomic E-state index is 0. The molecule has 0 heterocycles. The summed E-state index contributed by atoms with van der Waals surface area (Å²) in [6, 6.07) is 0. The first kappa shape index (κ1) is 76.9. The van der Waals surface area contributed by atoms with E-state index in [2.05, 4.69) is 0 Å². The van der Waals surface area contributed by atoms with E-state index in [0.717, 1.165) is 0 Å². The van der Waals surface area contributed by atoms with Crippen LogP contribution < -0.4 is 103 Å². The Morgan fingerprint density at radius 1 is 0.190 bits per heavy atom. The minimum atomic E-state index is -1.83. The third-order valence-corrected chi connectivity index (χ3v) is 0. The van der Waals surface area contributed by atoms with Gasteiger partial charge in [-0.25, -0.2) is 47.9 Å². The summed E-state index contributed by atoms with van der Waals surface area (Å²) in [5.74, 6) is 0. The van der Waals surface area contributed by atoms with Gasteiger partial charge in [-0.2, -0.15) is 0 Å². The quantitative estimate of drug-likeness (QED) is 0.109. The Morgan fingerprint density at radius 2 is 0.190 bits per heavy atom. The summed E-state index contributed by atoms with van der Waals surface area (Å²) in [4.78, 5) is 85.6. The molecular weight excluding hydrogens is 678 g/mol. The van der Waals surface area contributed by atoms with Gasteiger partial charge < -0.3 is 105 Å². The van der Waals surface area contributed by atoms with E-state index in [-0.39, 0.29) is 106 Å². The fourth-order valence-electron chi connectivity index (χ4n) is 0. The topological polar surface area (TPSA) is 575 Å². The van der Waals surface area contributed by atoms with Crippen LogP contribution in [0.3, 0.4) is 0 Å². The third-order valence-electron chi connectivity index (χ3n) is 0. The number of hydrogen-bond acceptors (Lipinski definition) is 10. The Kier molecular flexibility index (Phi) is 130. The molecule has 0 saturated heterocycles. The van der Waals surface area contributed by atoms with Gasteiger partial charge >= 0.3 is 164 Å². The maximum absolute atomic E-state index is 8.56. The molecule has 42 heavy (non-hydrogen) atoms. The van der Waals surface area contributed by atoms with E-state index >= 15 is 0 Å². The minimum Gasteiger partial charge on any atom is -1.00 e. The van der Waals surface area contributed by atoms with Crippen LogP contribution >= 0.6 is 0 Å². The SMILES string of the molecule is O=C(O)O.O=C(O)O.O=C(O)O.O=C(O)O.O=C(O)O.O=C(O)O.O=C(O)O.O=C(O)O.O=C(O)O.O=C(O)O.[H-].[H-].[K+].[K+]. The predicted molar refractivity (Wildman–Crippen MR) is 109 cm³/mol. The molecule has 30 nitrogen and oxygen atoms in total. The molecule has 0 aromatic carbocycles. The summed E-state index contributed by atoms with van der Waals surface area (Å²) < 4.78 is 0. The van der Waals surface area contributed by atoms with E-state index < -0.39 is 61.6 Å². The van der Waals surface area contributed by atoms with Crippen molar-refractivity contribution in [2.45, 2.75) is 0 Å². The number of rotatable bonds is 0. The number of hydrogen-bond donors (Lipinski definition) is 20.